The van der Waals surface area contributed by atoms with E-state index in [0.29, 0.717) is 18.2 Å². The molecule has 9 heteroatoms. The lowest BCUT2D eigenvalue weighted by atomic mass is 10.1. The zero-order chi connectivity index (χ0) is 15.6. The van der Waals surface area contributed by atoms with Gasteiger partial charge in [-0.2, -0.15) is 0 Å². The second kappa shape index (κ2) is 6.25. The van der Waals surface area contributed by atoms with Crippen LogP contribution in [0.15, 0.2) is 12.1 Å². The van der Waals surface area contributed by atoms with Gasteiger partial charge in [0.05, 0.1) is 17.3 Å². The van der Waals surface area contributed by atoms with E-state index in [2.05, 4.69) is 15.5 Å². The van der Waals surface area contributed by atoms with Gasteiger partial charge in [0.25, 0.3) is 0 Å². The summed E-state index contributed by atoms with van der Waals surface area (Å²) in [5.74, 6) is -0.976. The lowest BCUT2D eigenvalue weighted by molar-refractivity contribution is 0.469. The van der Waals surface area contributed by atoms with Gasteiger partial charge < -0.3 is 5.73 Å². The maximum absolute atomic E-state index is 13.9. The van der Waals surface area contributed by atoms with E-state index in [4.69, 9.17) is 5.73 Å². The molecule has 0 aliphatic carbocycles. The quantitative estimate of drug-likeness (QED) is 0.846. The Morgan fingerprint density at radius 1 is 1.38 bits per heavy atom. The summed E-state index contributed by atoms with van der Waals surface area (Å²) in [5.41, 5.74) is 5.31. The van der Waals surface area contributed by atoms with Crippen molar-refractivity contribution in [2.24, 2.45) is 0 Å². The van der Waals surface area contributed by atoms with Crippen molar-refractivity contribution in [2.75, 3.05) is 17.7 Å². The van der Waals surface area contributed by atoms with E-state index < -0.39 is 22.4 Å². The second-order valence-corrected chi connectivity index (χ2v) is 6.27. The summed E-state index contributed by atoms with van der Waals surface area (Å²) in [4.78, 5) is 0. The van der Waals surface area contributed by atoms with Crippen molar-refractivity contribution in [1.82, 2.24) is 20.2 Å². The number of halogens is 2. The van der Waals surface area contributed by atoms with Crippen molar-refractivity contribution in [3.63, 3.8) is 0 Å². The fourth-order valence-electron chi connectivity index (χ4n) is 1.86. The average Bonchev–Trinajstić information content (AvgIpc) is 2.89. The van der Waals surface area contributed by atoms with Crippen LogP contribution < -0.4 is 5.73 Å². The van der Waals surface area contributed by atoms with Crippen LogP contribution in [-0.4, -0.2) is 36.4 Å². The Morgan fingerprint density at radius 3 is 2.76 bits per heavy atom. The first-order chi connectivity index (χ1) is 9.90. The van der Waals surface area contributed by atoms with Crippen molar-refractivity contribution in [3.8, 4) is 11.4 Å². The molecule has 0 spiro atoms. The second-order valence-electron chi connectivity index (χ2n) is 4.72. The molecule has 0 saturated heterocycles. The van der Waals surface area contributed by atoms with Crippen molar-refractivity contribution in [3.05, 3.63) is 23.8 Å². The van der Waals surface area contributed by atoms with Crippen LogP contribution in [-0.2, 0) is 10.8 Å². The number of nitrogens with two attached hydrogens (primary N) is 1. The van der Waals surface area contributed by atoms with Gasteiger partial charge in [-0.25, -0.2) is 13.5 Å². The summed E-state index contributed by atoms with van der Waals surface area (Å²) in [5, 5.41) is 11.1. The summed E-state index contributed by atoms with van der Waals surface area (Å²) >= 11 is 0. The fraction of sp³-hybridized carbons (Fsp3) is 0.417. The third kappa shape index (κ3) is 3.41. The van der Waals surface area contributed by atoms with Crippen LogP contribution in [0.5, 0.6) is 0 Å². The minimum atomic E-state index is -0.936. The normalized spacial score (nSPS) is 14.1. The first kappa shape index (κ1) is 15.5. The van der Waals surface area contributed by atoms with Crippen LogP contribution in [0.1, 0.15) is 19.4 Å². The first-order valence-electron chi connectivity index (χ1n) is 6.23. The van der Waals surface area contributed by atoms with Crippen LogP contribution in [0, 0.1) is 11.6 Å². The lowest BCUT2D eigenvalue weighted by Crippen LogP contribution is -2.12. The van der Waals surface area contributed by atoms with Crippen LogP contribution in [0.25, 0.3) is 11.4 Å². The van der Waals surface area contributed by atoms with E-state index in [0.717, 1.165) is 6.07 Å². The molecule has 2 N–H and O–H groups in total. The smallest absolute Gasteiger partial charge is 0.185 e. The minimum absolute atomic E-state index is 0.0309. The molecule has 0 fully saturated rings. The SMILES string of the molecule is CC(CCS(C)=O)n1nnnc1-c1cc(N)c(F)cc1F. The minimum Gasteiger partial charge on any atom is -0.396 e. The van der Waals surface area contributed by atoms with Gasteiger partial charge in [-0.3, -0.25) is 4.21 Å². The van der Waals surface area contributed by atoms with Gasteiger partial charge in [-0.15, -0.1) is 5.10 Å². The summed E-state index contributed by atoms with van der Waals surface area (Å²) in [6, 6.07) is 1.69. The molecule has 0 aliphatic rings. The Morgan fingerprint density at radius 2 is 2.10 bits per heavy atom. The Bertz CT molecular complexity index is 676. The highest BCUT2D eigenvalue weighted by atomic mass is 32.2. The standard InChI is InChI=1S/C12H15F2N5OS/c1-7(3-4-21(2)20)19-12(16-17-18-19)8-5-11(15)10(14)6-9(8)13/h5-7H,3-4,15H2,1-2H3. The Labute approximate surface area is 122 Å². The van der Waals surface area contributed by atoms with Crippen molar-refractivity contribution < 1.29 is 13.0 Å². The largest absolute Gasteiger partial charge is 0.396 e. The molecule has 21 heavy (non-hydrogen) atoms. The number of tetrazole rings is 1. The predicted octanol–water partition coefficient (Wildman–Crippen LogP) is 1.53. The molecule has 0 radical (unpaired) electrons. The van der Waals surface area contributed by atoms with E-state index in [1.165, 1.54) is 4.68 Å². The van der Waals surface area contributed by atoms with E-state index in [9.17, 15) is 13.0 Å². The van der Waals surface area contributed by atoms with Gasteiger partial charge in [0.15, 0.2) is 5.82 Å². The molecule has 2 aromatic rings. The van der Waals surface area contributed by atoms with E-state index in [1.54, 1.807) is 6.26 Å². The maximum Gasteiger partial charge on any atom is 0.185 e. The van der Waals surface area contributed by atoms with Crippen LogP contribution in [0.3, 0.4) is 0 Å². The number of nitrogens with zero attached hydrogens (tertiary/aromatic N) is 4. The van der Waals surface area contributed by atoms with Gasteiger partial charge in [0, 0.05) is 28.9 Å². The van der Waals surface area contributed by atoms with Crippen LogP contribution in [0.2, 0.25) is 0 Å². The summed E-state index contributed by atoms with van der Waals surface area (Å²) < 4.78 is 39.7. The lowest BCUT2D eigenvalue weighted by Gasteiger charge is -2.13. The molecule has 2 rings (SSSR count). The number of benzene rings is 1. The van der Waals surface area contributed by atoms with E-state index in [-0.39, 0.29) is 23.1 Å². The summed E-state index contributed by atoms with van der Waals surface area (Å²) in [6.07, 6.45) is 2.17. The van der Waals surface area contributed by atoms with Crippen molar-refractivity contribution in [1.29, 1.82) is 0 Å². The molecule has 0 bridgehead atoms. The highest BCUT2D eigenvalue weighted by Crippen LogP contribution is 2.27. The van der Waals surface area contributed by atoms with Crippen molar-refractivity contribution >= 4 is 16.5 Å². The number of anilines is 1. The highest BCUT2D eigenvalue weighted by Gasteiger charge is 2.19. The number of aromatic nitrogens is 4. The zero-order valence-corrected chi connectivity index (χ0v) is 12.4. The molecule has 1 aromatic heterocycles. The molecule has 1 heterocycles. The Hall–Kier alpha value is -1.90. The molecular formula is C12H15F2N5OS. The van der Waals surface area contributed by atoms with Gasteiger partial charge in [-0.05, 0) is 29.8 Å². The number of rotatable bonds is 5. The molecule has 2 unspecified atom stereocenters. The molecule has 1 aromatic carbocycles. The van der Waals surface area contributed by atoms with Gasteiger partial charge in [0.1, 0.15) is 11.6 Å². The Balaban J connectivity index is 2.36. The molecule has 2 atom stereocenters. The number of hydrogen-bond donors (Lipinski definition) is 1. The molecular weight excluding hydrogens is 300 g/mol. The van der Waals surface area contributed by atoms with Crippen molar-refractivity contribution in [2.45, 2.75) is 19.4 Å². The first-order valence-corrected chi connectivity index (χ1v) is 7.95. The van der Waals surface area contributed by atoms with E-state index >= 15 is 0 Å². The molecule has 0 amide bonds. The highest BCUT2D eigenvalue weighted by molar-refractivity contribution is 7.84. The zero-order valence-electron chi connectivity index (χ0n) is 11.6. The monoisotopic (exact) mass is 315 g/mol. The molecule has 114 valence electrons. The molecule has 0 aliphatic heterocycles. The third-order valence-electron chi connectivity index (χ3n) is 3.06. The maximum atomic E-state index is 13.9. The van der Waals surface area contributed by atoms with Gasteiger partial charge in [-0.1, -0.05) is 0 Å². The summed E-state index contributed by atoms with van der Waals surface area (Å²) in [6.45, 7) is 1.83. The number of hydrogen-bond acceptors (Lipinski definition) is 5. The van der Waals surface area contributed by atoms with E-state index in [1.807, 2.05) is 6.92 Å². The average molecular weight is 315 g/mol. The third-order valence-corrected chi connectivity index (χ3v) is 3.87. The summed E-state index contributed by atoms with van der Waals surface area (Å²) in [7, 11) is -0.936. The molecule has 6 nitrogen and oxygen atoms in total. The fourth-order valence-corrected chi connectivity index (χ4v) is 2.54. The topological polar surface area (TPSA) is 86.7 Å². The number of nitrogen functional groups attached to an aromatic ring is 1. The van der Waals surface area contributed by atoms with Crippen LogP contribution >= 0.6 is 0 Å². The predicted molar refractivity (Wildman–Crippen MR) is 75.8 cm³/mol. The van der Waals surface area contributed by atoms with Crippen LogP contribution in [0.4, 0.5) is 14.5 Å². The van der Waals surface area contributed by atoms with Gasteiger partial charge in [0.2, 0.25) is 0 Å². The molecule has 0 saturated carbocycles. The van der Waals surface area contributed by atoms with Gasteiger partial charge >= 0.3 is 0 Å². The Kier molecular flexibility index (Phi) is 4.61.